The van der Waals surface area contributed by atoms with E-state index < -0.39 is 0 Å². The second kappa shape index (κ2) is 6.75. The molecule has 0 heterocycles. The average Bonchev–Trinajstić information content (AvgIpc) is 2.49. The molecule has 0 saturated carbocycles. The molecule has 3 heteroatoms. The molecule has 0 bridgehead atoms. The Kier molecular flexibility index (Phi) is 4.77. The molecular formula is C17H20N2O. The molecule has 3 nitrogen and oxygen atoms in total. The van der Waals surface area contributed by atoms with Crippen LogP contribution in [0.25, 0.3) is 0 Å². The fourth-order valence-corrected chi connectivity index (χ4v) is 2.13. The molecule has 0 aliphatic rings. The minimum absolute atomic E-state index is 0.0154. The van der Waals surface area contributed by atoms with Crippen LogP contribution < -0.4 is 10.6 Å². The third kappa shape index (κ3) is 3.38. The highest BCUT2D eigenvalue weighted by Crippen LogP contribution is 2.17. The van der Waals surface area contributed by atoms with E-state index in [0.29, 0.717) is 5.56 Å². The van der Waals surface area contributed by atoms with Crippen LogP contribution in [0, 0.1) is 0 Å². The van der Waals surface area contributed by atoms with Crippen molar-refractivity contribution in [3.63, 3.8) is 0 Å². The van der Waals surface area contributed by atoms with Gasteiger partial charge in [0.15, 0.2) is 0 Å². The molecular weight excluding hydrogens is 248 g/mol. The summed E-state index contributed by atoms with van der Waals surface area (Å²) in [6, 6.07) is 17.5. The topological polar surface area (TPSA) is 41.1 Å². The molecule has 1 amide bonds. The van der Waals surface area contributed by atoms with E-state index in [-0.39, 0.29) is 11.9 Å². The van der Waals surface area contributed by atoms with E-state index in [1.165, 1.54) is 0 Å². The quantitative estimate of drug-likeness (QED) is 0.869. The first-order chi connectivity index (χ1) is 9.72. The lowest BCUT2D eigenvalue weighted by Crippen LogP contribution is -2.27. The number of rotatable bonds is 5. The van der Waals surface area contributed by atoms with E-state index in [1.54, 1.807) is 0 Å². The highest BCUT2D eigenvalue weighted by Gasteiger charge is 2.13. The fourth-order valence-electron chi connectivity index (χ4n) is 2.13. The summed E-state index contributed by atoms with van der Waals surface area (Å²) in [5.41, 5.74) is 2.65. The van der Waals surface area contributed by atoms with Gasteiger partial charge in [0.25, 0.3) is 5.91 Å². The average molecular weight is 268 g/mol. The summed E-state index contributed by atoms with van der Waals surface area (Å²) < 4.78 is 0. The smallest absolute Gasteiger partial charge is 0.253 e. The van der Waals surface area contributed by atoms with Gasteiger partial charge in [-0.05, 0) is 31.5 Å². The van der Waals surface area contributed by atoms with E-state index in [1.807, 2.05) is 68.4 Å². The fraction of sp³-hybridized carbons (Fsp3) is 0.235. The number of anilines is 1. The second-order valence-corrected chi connectivity index (χ2v) is 4.68. The monoisotopic (exact) mass is 268 g/mol. The Hall–Kier alpha value is -2.29. The van der Waals surface area contributed by atoms with Crippen LogP contribution in [0.2, 0.25) is 0 Å². The molecule has 0 spiro atoms. The van der Waals surface area contributed by atoms with Crippen molar-refractivity contribution in [2.24, 2.45) is 0 Å². The van der Waals surface area contributed by atoms with Crippen LogP contribution in [0.4, 0.5) is 5.69 Å². The Balaban J connectivity index is 2.12. The lowest BCUT2D eigenvalue weighted by atomic mass is 10.1. The molecule has 0 fully saturated rings. The molecule has 0 saturated heterocycles. The zero-order valence-electron chi connectivity index (χ0n) is 11.9. The zero-order valence-corrected chi connectivity index (χ0v) is 11.9. The Morgan fingerprint density at radius 3 is 2.40 bits per heavy atom. The van der Waals surface area contributed by atoms with Crippen LogP contribution in [0.5, 0.6) is 0 Å². The largest absolute Gasteiger partial charge is 0.385 e. The SMILES string of the molecule is CCNc1ccccc1C(=O)NC(C)c1ccccc1. The van der Waals surface area contributed by atoms with Crippen LogP contribution in [0.15, 0.2) is 54.6 Å². The lowest BCUT2D eigenvalue weighted by Gasteiger charge is -2.16. The number of carbonyl (C=O) groups excluding carboxylic acids is 1. The highest BCUT2D eigenvalue weighted by atomic mass is 16.1. The number of hydrogen-bond acceptors (Lipinski definition) is 2. The van der Waals surface area contributed by atoms with Crippen LogP contribution in [0.3, 0.4) is 0 Å². The summed E-state index contributed by atoms with van der Waals surface area (Å²) in [7, 11) is 0. The van der Waals surface area contributed by atoms with Crippen LogP contribution in [0.1, 0.15) is 35.8 Å². The van der Waals surface area contributed by atoms with Gasteiger partial charge in [0.05, 0.1) is 11.6 Å². The number of hydrogen-bond donors (Lipinski definition) is 2. The normalized spacial score (nSPS) is 11.7. The molecule has 2 rings (SSSR count). The van der Waals surface area contributed by atoms with Gasteiger partial charge in [0, 0.05) is 12.2 Å². The summed E-state index contributed by atoms with van der Waals surface area (Å²) in [5, 5.41) is 6.24. The standard InChI is InChI=1S/C17H20N2O/c1-3-18-16-12-8-7-11-15(16)17(20)19-13(2)14-9-5-4-6-10-14/h4-13,18H,3H2,1-2H3,(H,19,20). The Bertz CT molecular complexity index is 566. The number of amides is 1. The molecule has 2 aromatic carbocycles. The van der Waals surface area contributed by atoms with Gasteiger partial charge >= 0.3 is 0 Å². The maximum atomic E-state index is 12.4. The molecule has 0 aliphatic heterocycles. The van der Waals surface area contributed by atoms with Gasteiger partial charge in [-0.2, -0.15) is 0 Å². The number of carbonyl (C=O) groups is 1. The third-order valence-corrected chi connectivity index (χ3v) is 3.19. The summed E-state index contributed by atoms with van der Waals surface area (Å²) >= 11 is 0. The molecule has 104 valence electrons. The Labute approximate surface area is 120 Å². The molecule has 0 aromatic heterocycles. The molecule has 2 N–H and O–H groups in total. The van der Waals surface area contributed by atoms with E-state index in [4.69, 9.17) is 0 Å². The highest BCUT2D eigenvalue weighted by molar-refractivity contribution is 5.99. The molecule has 20 heavy (non-hydrogen) atoms. The maximum absolute atomic E-state index is 12.4. The van der Waals surface area contributed by atoms with Gasteiger partial charge in [-0.25, -0.2) is 0 Å². The van der Waals surface area contributed by atoms with Crippen molar-refractivity contribution in [3.8, 4) is 0 Å². The first kappa shape index (κ1) is 14.1. The van der Waals surface area contributed by atoms with Gasteiger partial charge in [-0.1, -0.05) is 42.5 Å². The minimum Gasteiger partial charge on any atom is -0.385 e. The van der Waals surface area contributed by atoms with Crippen LogP contribution in [-0.2, 0) is 0 Å². The number of para-hydroxylation sites is 1. The van der Waals surface area contributed by atoms with Crippen LogP contribution in [-0.4, -0.2) is 12.5 Å². The van der Waals surface area contributed by atoms with Gasteiger partial charge < -0.3 is 10.6 Å². The van der Waals surface area contributed by atoms with E-state index in [2.05, 4.69) is 10.6 Å². The minimum atomic E-state index is -0.0575. The molecule has 0 radical (unpaired) electrons. The van der Waals surface area contributed by atoms with E-state index in [0.717, 1.165) is 17.8 Å². The third-order valence-electron chi connectivity index (χ3n) is 3.19. The molecule has 1 atom stereocenters. The summed E-state index contributed by atoms with van der Waals surface area (Å²) in [6.07, 6.45) is 0. The maximum Gasteiger partial charge on any atom is 0.253 e. The second-order valence-electron chi connectivity index (χ2n) is 4.68. The van der Waals surface area contributed by atoms with Crippen molar-refractivity contribution in [3.05, 3.63) is 65.7 Å². The first-order valence-corrected chi connectivity index (χ1v) is 6.91. The number of benzene rings is 2. The predicted molar refractivity (Wildman–Crippen MR) is 82.9 cm³/mol. The van der Waals surface area contributed by atoms with Crippen molar-refractivity contribution in [1.82, 2.24) is 5.32 Å². The lowest BCUT2D eigenvalue weighted by molar-refractivity contribution is 0.0940. The van der Waals surface area contributed by atoms with Crippen LogP contribution >= 0.6 is 0 Å². The molecule has 2 aromatic rings. The summed E-state index contributed by atoms with van der Waals surface area (Å²) in [4.78, 5) is 12.4. The summed E-state index contributed by atoms with van der Waals surface area (Å²) in [6.45, 7) is 4.79. The Morgan fingerprint density at radius 1 is 1.05 bits per heavy atom. The van der Waals surface area contributed by atoms with Gasteiger partial charge in [-0.15, -0.1) is 0 Å². The van der Waals surface area contributed by atoms with Crippen molar-refractivity contribution >= 4 is 11.6 Å². The first-order valence-electron chi connectivity index (χ1n) is 6.91. The Morgan fingerprint density at radius 2 is 1.70 bits per heavy atom. The van der Waals surface area contributed by atoms with Crippen molar-refractivity contribution in [1.29, 1.82) is 0 Å². The van der Waals surface area contributed by atoms with Crippen molar-refractivity contribution < 1.29 is 4.79 Å². The zero-order chi connectivity index (χ0) is 14.4. The molecule has 0 aliphatic carbocycles. The van der Waals surface area contributed by atoms with Gasteiger partial charge in [-0.3, -0.25) is 4.79 Å². The summed E-state index contributed by atoms with van der Waals surface area (Å²) in [5.74, 6) is -0.0575. The predicted octanol–water partition coefficient (Wildman–Crippen LogP) is 3.61. The van der Waals surface area contributed by atoms with Gasteiger partial charge in [0.2, 0.25) is 0 Å². The number of nitrogens with one attached hydrogen (secondary N) is 2. The van der Waals surface area contributed by atoms with E-state index in [9.17, 15) is 4.79 Å². The van der Waals surface area contributed by atoms with Crippen molar-refractivity contribution in [2.75, 3.05) is 11.9 Å². The van der Waals surface area contributed by atoms with Gasteiger partial charge in [0.1, 0.15) is 0 Å². The van der Waals surface area contributed by atoms with Crippen molar-refractivity contribution in [2.45, 2.75) is 19.9 Å². The van der Waals surface area contributed by atoms with E-state index >= 15 is 0 Å². The molecule has 1 unspecified atom stereocenters.